The topological polar surface area (TPSA) is 102 Å². The summed E-state index contributed by atoms with van der Waals surface area (Å²) in [4.78, 5) is 40.1. The summed E-state index contributed by atoms with van der Waals surface area (Å²) < 4.78 is 11.2. The average Bonchev–Trinajstić information content (AvgIpc) is 3.03. The molecule has 0 aliphatic carbocycles. The standard InChI is InChI=1S/C37H38N2O6/c1-37(2,3)45-36(43)39(21-20-29-18-19-32(22-31(29)24-39)44-25-26-10-6-4-7-11-26)35(42)38-23-33(34(40)41)30-16-14-28(15-17-30)27-12-8-5-9-13-27/h4-19,22,33H,20-21,23-25H2,1-3H3,(H-,38,40,41,42)/p+1. The molecule has 0 radical (unpaired) electrons. The molecule has 3 amide bonds. The molecule has 232 valence electrons. The van der Waals surface area contributed by atoms with E-state index >= 15 is 0 Å². The van der Waals surface area contributed by atoms with Crippen LogP contribution in [0.1, 0.15) is 48.9 Å². The van der Waals surface area contributed by atoms with Crippen molar-refractivity contribution in [2.45, 2.75) is 51.9 Å². The van der Waals surface area contributed by atoms with Gasteiger partial charge in [0.25, 0.3) is 0 Å². The van der Waals surface area contributed by atoms with Crippen LogP contribution in [0.2, 0.25) is 0 Å². The quantitative estimate of drug-likeness (QED) is 0.204. The number of carboxylic acid groups (broad SMARTS) is 1. The highest BCUT2D eigenvalue weighted by atomic mass is 16.6. The molecule has 1 aliphatic rings. The van der Waals surface area contributed by atoms with Gasteiger partial charge >= 0.3 is 18.1 Å². The Kier molecular flexibility index (Phi) is 9.34. The molecule has 0 saturated carbocycles. The lowest BCUT2D eigenvalue weighted by molar-refractivity contribution is -0.795. The first-order valence-corrected chi connectivity index (χ1v) is 15.1. The van der Waals surface area contributed by atoms with Gasteiger partial charge in [-0.1, -0.05) is 91.0 Å². The largest absolute Gasteiger partial charge is 0.526 e. The number of nitrogens with zero attached hydrogens (tertiary/aromatic N) is 1. The summed E-state index contributed by atoms with van der Waals surface area (Å²) in [6, 6.07) is 32.0. The van der Waals surface area contributed by atoms with Crippen LogP contribution in [-0.2, 0) is 29.1 Å². The molecule has 4 aromatic carbocycles. The van der Waals surface area contributed by atoms with E-state index in [0.717, 1.165) is 27.8 Å². The first-order valence-electron chi connectivity index (χ1n) is 15.1. The highest BCUT2D eigenvalue weighted by Gasteiger charge is 2.50. The molecule has 0 bridgehead atoms. The van der Waals surface area contributed by atoms with E-state index in [1.54, 1.807) is 32.9 Å². The molecule has 4 aromatic rings. The Morgan fingerprint density at radius 2 is 1.49 bits per heavy atom. The molecular weight excluding hydrogens is 568 g/mol. The lowest BCUT2D eigenvalue weighted by Crippen LogP contribution is -2.63. The van der Waals surface area contributed by atoms with Crippen LogP contribution in [0.4, 0.5) is 9.59 Å². The van der Waals surface area contributed by atoms with Crippen molar-refractivity contribution in [3.63, 3.8) is 0 Å². The third-order valence-electron chi connectivity index (χ3n) is 7.94. The number of carbonyl (C=O) groups is 3. The number of urea groups is 1. The Labute approximate surface area is 263 Å². The van der Waals surface area contributed by atoms with Crippen molar-refractivity contribution in [2.75, 3.05) is 13.1 Å². The number of ether oxygens (including phenoxy) is 2. The Bertz CT molecular complexity index is 1650. The fourth-order valence-electron chi connectivity index (χ4n) is 5.49. The maximum Gasteiger partial charge on any atom is 0.526 e. The van der Waals surface area contributed by atoms with Crippen LogP contribution in [0.25, 0.3) is 11.1 Å². The van der Waals surface area contributed by atoms with Crippen molar-refractivity contribution >= 4 is 18.1 Å². The molecule has 2 atom stereocenters. The number of rotatable bonds is 8. The fraction of sp³-hybridized carbons (Fsp3) is 0.270. The van der Waals surface area contributed by atoms with Gasteiger partial charge in [-0.2, -0.15) is 4.79 Å². The van der Waals surface area contributed by atoms with Gasteiger partial charge in [0.15, 0.2) is 0 Å². The number of aliphatic carboxylic acids is 1. The first kappa shape index (κ1) is 31.5. The minimum Gasteiger partial charge on any atom is -0.489 e. The average molecular weight is 608 g/mol. The van der Waals surface area contributed by atoms with Crippen molar-refractivity contribution in [3.05, 3.63) is 125 Å². The van der Waals surface area contributed by atoms with Crippen molar-refractivity contribution in [3.8, 4) is 16.9 Å². The zero-order chi connectivity index (χ0) is 32.0. The molecule has 0 aromatic heterocycles. The zero-order valence-electron chi connectivity index (χ0n) is 25.9. The summed E-state index contributed by atoms with van der Waals surface area (Å²) in [5.74, 6) is -1.45. The minimum absolute atomic E-state index is 0.0577. The smallest absolute Gasteiger partial charge is 0.489 e. The molecule has 8 heteroatoms. The van der Waals surface area contributed by atoms with Gasteiger partial charge in [0.05, 0.1) is 5.92 Å². The van der Waals surface area contributed by atoms with Gasteiger partial charge in [-0.05, 0) is 60.7 Å². The number of quaternary nitrogens is 1. The molecule has 2 unspecified atom stereocenters. The molecule has 5 rings (SSSR count). The molecule has 1 aliphatic heterocycles. The third kappa shape index (κ3) is 7.59. The number of carbonyl (C=O) groups excluding carboxylic acids is 2. The van der Waals surface area contributed by atoms with Crippen LogP contribution in [0.15, 0.2) is 103 Å². The number of hydrogen-bond acceptors (Lipinski definition) is 5. The van der Waals surface area contributed by atoms with Gasteiger partial charge in [0.2, 0.25) is 0 Å². The molecule has 1 heterocycles. The molecule has 45 heavy (non-hydrogen) atoms. The second kappa shape index (κ2) is 13.4. The van der Waals surface area contributed by atoms with Gasteiger partial charge < -0.3 is 19.9 Å². The van der Waals surface area contributed by atoms with Gasteiger partial charge in [-0.3, -0.25) is 4.79 Å². The van der Waals surface area contributed by atoms with Crippen molar-refractivity contribution in [1.29, 1.82) is 0 Å². The predicted octanol–water partition coefficient (Wildman–Crippen LogP) is 7.32. The molecule has 0 spiro atoms. The van der Waals surface area contributed by atoms with E-state index in [1.165, 1.54) is 0 Å². The van der Waals surface area contributed by atoms with E-state index in [1.807, 2.05) is 91.0 Å². The van der Waals surface area contributed by atoms with Gasteiger partial charge in [0.1, 0.15) is 31.0 Å². The highest BCUT2D eigenvalue weighted by Crippen LogP contribution is 2.32. The maximum atomic E-state index is 14.0. The van der Waals surface area contributed by atoms with Gasteiger partial charge in [0, 0.05) is 18.5 Å². The predicted molar refractivity (Wildman–Crippen MR) is 172 cm³/mol. The summed E-state index contributed by atoms with van der Waals surface area (Å²) in [6.45, 7) is 5.71. The molecule has 2 N–H and O–H groups in total. The summed E-state index contributed by atoms with van der Waals surface area (Å²) in [5.41, 5.74) is 4.56. The van der Waals surface area contributed by atoms with E-state index in [-0.39, 0.29) is 19.6 Å². The lowest BCUT2D eigenvalue weighted by atomic mass is 9.96. The Morgan fingerprint density at radius 3 is 2.13 bits per heavy atom. The molecule has 0 fully saturated rings. The third-order valence-corrected chi connectivity index (χ3v) is 7.94. The van der Waals surface area contributed by atoms with Crippen molar-refractivity contribution in [2.24, 2.45) is 0 Å². The number of fused-ring (bicyclic) bond motifs is 1. The second-order valence-electron chi connectivity index (χ2n) is 12.3. The van der Waals surface area contributed by atoms with Crippen LogP contribution >= 0.6 is 0 Å². The van der Waals surface area contributed by atoms with Gasteiger partial charge in [-0.25, -0.2) is 4.79 Å². The van der Waals surface area contributed by atoms with Gasteiger partial charge in [-0.15, -0.1) is 4.48 Å². The monoisotopic (exact) mass is 607 g/mol. The van der Waals surface area contributed by atoms with Crippen LogP contribution in [0.3, 0.4) is 0 Å². The van der Waals surface area contributed by atoms with E-state index in [9.17, 15) is 19.5 Å². The lowest BCUT2D eigenvalue weighted by Gasteiger charge is -2.37. The second-order valence-corrected chi connectivity index (χ2v) is 12.3. The summed E-state index contributed by atoms with van der Waals surface area (Å²) >= 11 is 0. The maximum absolute atomic E-state index is 14.0. The van der Waals surface area contributed by atoms with E-state index in [4.69, 9.17) is 9.47 Å². The number of carboxylic acids is 1. The fourth-order valence-corrected chi connectivity index (χ4v) is 5.49. The minimum atomic E-state index is -1.07. The number of nitrogens with one attached hydrogen (secondary N) is 1. The zero-order valence-corrected chi connectivity index (χ0v) is 25.9. The summed E-state index contributed by atoms with van der Waals surface area (Å²) in [7, 11) is 0. The molecular formula is C37H39N2O6+. The summed E-state index contributed by atoms with van der Waals surface area (Å²) in [6.07, 6.45) is -0.218. The van der Waals surface area contributed by atoms with Crippen LogP contribution < -0.4 is 10.1 Å². The number of amides is 3. The van der Waals surface area contributed by atoms with E-state index in [2.05, 4.69) is 5.32 Å². The van der Waals surface area contributed by atoms with Crippen LogP contribution in [0.5, 0.6) is 5.75 Å². The van der Waals surface area contributed by atoms with E-state index in [0.29, 0.717) is 24.3 Å². The van der Waals surface area contributed by atoms with Crippen molar-refractivity contribution in [1.82, 2.24) is 5.32 Å². The van der Waals surface area contributed by atoms with Crippen LogP contribution in [-0.4, -0.2) is 46.4 Å². The Balaban J connectivity index is 1.36. The van der Waals surface area contributed by atoms with Crippen molar-refractivity contribution < 1.29 is 33.4 Å². The number of hydrogen-bond donors (Lipinski definition) is 2. The van der Waals surface area contributed by atoms with E-state index < -0.39 is 34.1 Å². The number of imide groups is 1. The molecule has 8 nitrogen and oxygen atoms in total. The Morgan fingerprint density at radius 1 is 0.844 bits per heavy atom. The van der Waals surface area contributed by atoms with Crippen LogP contribution in [0, 0.1) is 0 Å². The highest BCUT2D eigenvalue weighted by molar-refractivity contribution is 5.82. The Hall–Kier alpha value is -4.95. The number of benzene rings is 4. The molecule has 0 saturated heterocycles. The SMILES string of the molecule is CC(C)(C)OC(=O)[N+]1(C(=O)NCC(C(=O)O)c2ccc(-c3ccccc3)cc2)CCc2ccc(OCc3ccccc3)cc2C1. The normalized spacial score (nSPS) is 16.6. The first-order chi connectivity index (χ1) is 21.5. The summed E-state index contributed by atoms with van der Waals surface area (Å²) in [5, 5.41) is 12.9.